The third kappa shape index (κ3) is 8.17. The van der Waals surface area contributed by atoms with Crippen molar-refractivity contribution in [1.82, 2.24) is 20.9 Å². The molecule has 2 amide bonds. The minimum absolute atomic E-state index is 0.0204. The van der Waals surface area contributed by atoms with Crippen LogP contribution < -0.4 is 42.6 Å². The lowest BCUT2D eigenvalue weighted by Crippen LogP contribution is -2.77. The number of phenols is 1. The van der Waals surface area contributed by atoms with Crippen molar-refractivity contribution in [2.24, 2.45) is 45.4 Å². The number of guanidine groups is 1. The lowest BCUT2D eigenvalue weighted by molar-refractivity contribution is -0.456. The molecule has 2 aromatic rings. The third-order valence-corrected chi connectivity index (χ3v) is 17.0. The van der Waals surface area contributed by atoms with E-state index in [1.807, 2.05) is 18.4 Å². The van der Waals surface area contributed by atoms with Crippen LogP contribution in [0.3, 0.4) is 0 Å². The Balaban J connectivity index is 1.10. The molecular weight excluding hydrogens is 1000 g/mol. The van der Waals surface area contributed by atoms with Gasteiger partial charge in [-0.25, -0.2) is 0 Å². The monoisotopic (exact) mass is 1060 g/mol. The zero-order valence-electron chi connectivity index (χ0n) is 42.5. The number of aliphatic hydroxyl groups is 7. The van der Waals surface area contributed by atoms with Crippen LogP contribution in [0, 0.1) is 23.2 Å². The number of nitrogens with one attached hydrogen (secondary N) is 3. The van der Waals surface area contributed by atoms with Crippen molar-refractivity contribution < 1.29 is 74.2 Å². The summed E-state index contributed by atoms with van der Waals surface area (Å²) in [6.07, 6.45) is 4.72. The molecule has 0 aromatic heterocycles. The van der Waals surface area contributed by atoms with E-state index in [0.717, 1.165) is 22.6 Å². The fourth-order valence-electron chi connectivity index (χ4n) is 13.5. The third-order valence-electron chi connectivity index (χ3n) is 17.0. The molecular formula is C54H64N8O15. The van der Waals surface area contributed by atoms with E-state index in [2.05, 4.69) is 33.1 Å². The van der Waals surface area contributed by atoms with Crippen molar-refractivity contribution >= 4 is 29.3 Å². The molecule has 0 bridgehead atoms. The molecule has 23 heteroatoms. The molecule has 12 atom stereocenters. The van der Waals surface area contributed by atoms with Crippen molar-refractivity contribution in [2.45, 2.75) is 99.8 Å². The van der Waals surface area contributed by atoms with Gasteiger partial charge >= 0.3 is 0 Å². The smallest absolute Gasteiger partial charge is 0.253 e. The number of carbonyl (C=O) groups excluding carboxylic acids is 4. The second kappa shape index (κ2) is 19.8. The van der Waals surface area contributed by atoms with Gasteiger partial charge in [-0.05, 0) is 84.8 Å². The van der Waals surface area contributed by atoms with Gasteiger partial charge in [-0.2, -0.15) is 0 Å². The summed E-state index contributed by atoms with van der Waals surface area (Å²) in [4.78, 5) is 62.1. The molecule has 4 aliphatic carbocycles. The summed E-state index contributed by atoms with van der Waals surface area (Å²) in [5.41, 5.74) is 16.5. The molecule has 23 nitrogen and oxygen atoms in total. The minimum atomic E-state index is -3.65. The van der Waals surface area contributed by atoms with Crippen LogP contribution >= 0.6 is 0 Å². The van der Waals surface area contributed by atoms with Gasteiger partial charge < -0.3 is 88.2 Å². The average Bonchev–Trinajstić information content (AvgIpc) is 3.92. The Hall–Kier alpha value is -6.93. The van der Waals surface area contributed by atoms with E-state index in [9.17, 15) is 50.4 Å². The number of nitrogens with zero attached hydrogens (tertiary/aromatic N) is 2. The van der Waals surface area contributed by atoms with Gasteiger partial charge in [-0.15, -0.1) is 0 Å². The van der Waals surface area contributed by atoms with E-state index in [1.165, 1.54) is 26.3 Å². The summed E-state index contributed by atoms with van der Waals surface area (Å²) in [6.45, 7) is 1.24. The molecule has 77 heavy (non-hydrogen) atoms. The number of dihydropyridines is 2. The van der Waals surface area contributed by atoms with E-state index in [0.29, 0.717) is 41.5 Å². The summed E-state index contributed by atoms with van der Waals surface area (Å²) in [6, 6.07) is 0.459. The number of ketones is 2. The summed E-state index contributed by atoms with van der Waals surface area (Å²) in [5.74, 6) is -9.59. The number of aromatic hydroxyl groups is 1. The number of allylic oxidation sites excluding steroid dienone is 5. The molecule has 10 rings (SSSR count). The first-order valence-electron chi connectivity index (χ1n) is 25.6. The second-order valence-corrected chi connectivity index (χ2v) is 20.8. The van der Waals surface area contributed by atoms with Crippen LogP contribution in [0.1, 0.15) is 98.7 Å². The number of rotatable bonds is 14. The Morgan fingerprint density at radius 1 is 1.03 bits per heavy atom. The zero-order chi connectivity index (χ0) is 55.2. The van der Waals surface area contributed by atoms with Gasteiger partial charge in [0.15, 0.2) is 17.3 Å². The lowest BCUT2D eigenvalue weighted by Gasteiger charge is -2.54. The number of phenolic OH excluding ortho intramolecular Hbond substituents is 1. The topological polar surface area (TPSA) is 388 Å². The van der Waals surface area contributed by atoms with Gasteiger partial charge in [0, 0.05) is 90.7 Å². The van der Waals surface area contributed by atoms with Crippen molar-refractivity contribution in [2.75, 3.05) is 33.9 Å². The number of aliphatic imine (C=N–C) groups is 1. The minimum Gasteiger partial charge on any atom is -0.507 e. The van der Waals surface area contributed by atoms with Crippen molar-refractivity contribution in [3.05, 3.63) is 122 Å². The molecule has 4 aliphatic heterocycles. The molecule has 17 N–H and O–H groups in total. The predicted molar refractivity (Wildman–Crippen MR) is 273 cm³/mol. The Bertz CT molecular complexity index is 3060. The van der Waals surface area contributed by atoms with E-state index in [-0.39, 0.29) is 77.6 Å². The second-order valence-electron chi connectivity index (χ2n) is 20.8. The molecule has 8 aliphatic rings. The molecule has 0 radical (unpaired) electrons. The summed E-state index contributed by atoms with van der Waals surface area (Å²) < 4.78 is 17.8. The van der Waals surface area contributed by atoms with Crippen LogP contribution in [0.5, 0.6) is 17.2 Å². The number of carbonyl (C=O) groups is 4. The SMILES string of the molecule is CCc1c(OC)cc(OC2OC(O)(C(O)O)C(O)(CC(CN3C(=O)C=CC3=O)C3=CCNC(N)=C3)C(O)C2O)c2c1C(=O)c1c3c4c(c(O)c1C2=O)C(NC(N)=NC)CC1C=CC(C2=CNC(N)C=C2)(C(CCO)CC3)C41. The summed E-state index contributed by atoms with van der Waals surface area (Å²) in [5, 5.41) is 103. The van der Waals surface area contributed by atoms with Gasteiger partial charge in [-0.1, -0.05) is 31.2 Å². The Labute approximate surface area is 441 Å². The average molecular weight is 1070 g/mol. The molecule has 1 saturated heterocycles. The Morgan fingerprint density at radius 2 is 1.75 bits per heavy atom. The number of methoxy groups -OCH3 is 1. The van der Waals surface area contributed by atoms with E-state index >= 15 is 9.59 Å². The highest BCUT2D eigenvalue weighted by atomic mass is 16.8. The summed E-state index contributed by atoms with van der Waals surface area (Å²) >= 11 is 0. The highest BCUT2D eigenvalue weighted by Crippen LogP contribution is 2.67. The van der Waals surface area contributed by atoms with Crippen LogP contribution in [-0.4, -0.2) is 151 Å². The van der Waals surface area contributed by atoms with E-state index in [1.54, 1.807) is 13.0 Å². The van der Waals surface area contributed by atoms with Crippen LogP contribution in [0.2, 0.25) is 0 Å². The summed E-state index contributed by atoms with van der Waals surface area (Å²) in [7, 11) is 2.80. The number of ether oxygens (including phenoxy) is 3. The van der Waals surface area contributed by atoms with Gasteiger partial charge in [-0.3, -0.25) is 29.1 Å². The number of aliphatic hydroxyl groups excluding tert-OH is 4. The van der Waals surface area contributed by atoms with Crippen LogP contribution in [-0.2, 0) is 27.2 Å². The Kier molecular flexibility index (Phi) is 13.8. The van der Waals surface area contributed by atoms with Crippen LogP contribution in [0.15, 0.2) is 82.8 Å². The number of hydrogen-bond acceptors (Lipinski definition) is 20. The molecule has 410 valence electrons. The van der Waals surface area contributed by atoms with E-state index < -0.39 is 119 Å². The highest BCUT2D eigenvalue weighted by molar-refractivity contribution is 6.32. The van der Waals surface area contributed by atoms with Crippen molar-refractivity contribution in [3.8, 4) is 17.2 Å². The molecule has 0 saturated carbocycles. The maximum atomic E-state index is 15.9. The number of fused-ring (bicyclic) bond motifs is 3. The number of imide groups is 1. The van der Waals surface area contributed by atoms with Gasteiger partial charge in [0.25, 0.3) is 17.6 Å². The quantitative estimate of drug-likeness (QED) is 0.0293. The van der Waals surface area contributed by atoms with Crippen LogP contribution in [0.4, 0.5) is 0 Å². The number of nitrogens with two attached hydrogens (primary N) is 3. The number of hydrogen-bond donors (Lipinski definition) is 14. The highest BCUT2D eigenvalue weighted by Gasteiger charge is 2.68. The fraction of sp³-hybridized carbons (Fsp3) is 0.463. The molecule has 4 heterocycles. The van der Waals surface area contributed by atoms with Gasteiger partial charge in [0.1, 0.15) is 29.5 Å². The maximum absolute atomic E-state index is 15.9. The van der Waals surface area contributed by atoms with E-state index in [4.69, 9.17) is 31.4 Å². The largest absolute Gasteiger partial charge is 0.507 e. The number of benzene rings is 2. The lowest BCUT2D eigenvalue weighted by atomic mass is 9.56. The molecule has 1 fully saturated rings. The molecule has 2 aromatic carbocycles. The Morgan fingerprint density at radius 3 is 2.39 bits per heavy atom. The maximum Gasteiger partial charge on any atom is 0.253 e. The predicted octanol–water partition coefficient (Wildman–Crippen LogP) is -1.31. The fourth-order valence-corrected chi connectivity index (χ4v) is 13.5. The first kappa shape index (κ1) is 53.5. The first-order valence-corrected chi connectivity index (χ1v) is 25.6. The first-order chi connectivity index (χ1) is 36.7. The molecule has 12 unspecified atom stereocenters. The zero-order valence-corrected chi connectivity index (χ0v) is 42.5. The van der Waals surface area contributed by atoms with Gasteiger partial charge in [0.2, 0.25) is 18.4 Å². The van der Waals surface area contributed by atoms with Crippen LogP contribution in [0.25, 0.3) is 0 Å². The standard InChI is InChI=1S/C54H64N8O15/c1-4-28-31(75-3)19-32(76-49-47(69)48(70)53(73,54(74,77-49)50(71)72)20-25(23-12-15-59-34(56)18-23)22-62-35(64)9-10-36(62)65)41-38(28)44(66)39-29-7-5-26(13-16-63)52(27-6-8-33(55)60-21-27)14-11-24-17-30(61-51(57)58-2)40(37(29)43(24)52)45(67)42(39)46(41)68/h6,8-12,14,18-19,21,24-26,30,33,43,47-50,59-60,63,67,69-74H,4-5,7,13,15-17,20,22,55-56H2,1-3H3,(H3,57,58,61). The number of amides is 2. The van der Waals surface area contributed by atoms with Crippen molar-refractivity contribution in [1.29, 1.82) is 0 Å². The van der Waals surface area contributed by atoms with Gasteiger partial charge in [0.05, 0.1) is 36.3 Å². The van der Waals surface area contributed by atoms with Crippen molar-refractivity contribution in [3.63, 3.8) is 0 Å². The normalized spacial score (nSPS) is 32.4. The molecule has 0 spiro atoms.